The third-order valence-electron chi connectivity index (χ3n) is 9.68. The lowest BCUT2D eigenvalue weighted by atomic mass is 9.92. The van der Waals surface area contributed by atoms with Crippen molar-refractivity contribution >= 4 is 63.8 Å². The van der Waals surface area contributed by atoms with Gasteiger partial charge in [-0.15, -0.1) is 11.3 Å². The molecular formula is C46H28N2S. The van der Waals surface area contributed by atoms with E-state index in [2.05, 4.69) is 146 Å². The molecule has 0 N–H and O–H groups in total. The van der Waals surface area contributed by atoms with Gasteiger partial charge in [0.2, 0.25) is 0 Å². The van der Waals surface area contributed by atoms with Gasteiger partial charge in [-0.1, -0.05) is 140 Å². The molecule has 2 nitrogen and oxygen atoms in total. The summed E-state index contributed by atoms with van der Waals surface area (Å²) in [6, 6.07) is 60.8. The van der Waals surface area contributed by atoms with Crippen LogP contribution < -0.4 is 0 Å². The predicted molar refractivity (Wildman–Crippen MR) is 209 cm³/mol. The summed E-state index contributed by atoms with van der Waals surface area (Å²) in [5, 5.41) is 10.2. The molecule has 0 saturated carbocycles. The van der Waals surface area contributed by atoms with Crippen LogP contribution in [0.3, 0.4) is 0 Å². The second-order valence-corrected chi connectivity index (χ2v) is 13.7. The largest absolute Gasteiger partial charge is 0.228 e. The van der Waals surface area contributed by atoms with Crippen LogP contribution in [0.5, 0.6) is 0 Å². The van der Waals surface area contributed by atoms with Crippen LogP contribution >= 0.6 is 11.3 Å². The Morgan fingerprint density at radius 3 is 1.53 bits per heavy atom. The molecule has 0 spiro atoms. The Morgan fingerprint density at radius 2 is 0.796 bits per heavy atom. The number of thiophene rings is 1. The summed E-state index contributed by atoms with van der Waals surface area (Å²) in [5.74, 6) is 0.718. The van der Waals surface area contributed by atoms with Crippen LogP contribution in [0, 0.1) is 0 Å². The van der Waals surface area contributed by atoms with Crippen LogP contribution in [0.2, 0.25) is 0 Å². The molecule has 49 heavy (non-hydrogen) atoms. The molecule has 228 valence electrons. The number of fused-ring (bicyclic) bond motifs is 9. The first-order valence-corrected chi connectivity index (χ1v) is 17.4. The lowest BCUT2D eigenvalue weighted by Gasteiger charge is -2.13. The van der Waals surface area contributed by atoms with Crippen LogP contribution in [-0.4, -0.2) is 9.97 Å². The minimum atomic E-state index is 0.718. The first-order chi connectivity index (χ1) is 24.3. The highest BCUT2D eigenvalue weighted by atomic mass is 32.1. The number of hydrogen-bond acceptors (Lipinski definition) is 3. The van der Waals surface area contributed by atoms with E-state index < -0.39 is 0 Å². The molecule has 10 rings (SSSR count). The van der Waals surface area contributed by atoms with E-state index in [-0.39, 0.29) is 0 Å². The monoisotopic (exact) mass is 640 g/mol. The van der Waals surface area contributed by atoms with Crippen LogP contribution in [0.1, 0.15) is 0 Å². The molecule has 0 saturated heterocycles. The Balaban J connectivity index is 1.18. The van der Waals surface area contributed by atoms with E-state index >= 15 is 0 Å². The molecule has 10 aromatic rings. The molecule has 0 fully saturated rings. The minimum Gasteiger partial charge on any atom is -0.228 e. The van der Waals surface area contributed by atoms with Gasteiger partial charge >= 0.3 is 0 Å². The van der Waals surface area contributed by atoms with Gasteiger partial charge in [0.25, 0.3) is 0 Å². The fraction of sp³-hybridized carbons (Fsp3) is 0. The highest BCUT2D eigenvalue weighted by Crippen LogP contribution is 2.42. The van der Waals surface area contributed by atoms with Crippen molar-refractivity contribution in [3.63, 3.8) is 0 Å². The summed E-state index contributed by atoms with van der Waals surface area (Å²) < 4.78 is 2.65. The van der Waals surface area contributed by atoms with Gasteiger partial charge < -0.3 is 0 Å². The Kier molecular flexibility index (Phi) is 6.39. The SMILES string of the molecule is c1ccc(-c2ccc(-c3cc(-c4ccc5c(c4)c4ccccc4c4cc6c(cc54)sc4ccccc46)nc(-c4ccccc4)n3)cc2)cc1. The Labute approximate surface area is 287 Å². The second kappa shape index (κ2) is 11.2. The molecule has 0 aliphatic carbocycles. The van der Waals surface area contributed by atoms with Gasteiger partial charge in [0.1, 0.15) is 0 Å². The summed E-state index contributed by atoms with van der Waals surface area (Å²) >= 11 is 1.87. The minimum absolute atomic E-state index is 0.718. The van der Waals surface area contributed by atoms with Gasteiger partial charge in [-0.05, 0) is 73.8 Å². The van der Waals surface area contributed by atoms with Crippen molar-refractivity contribution < 1.29 is 0 Å². The maximum Gasteiger partial charge on any atom is 0.160 e. The summed E-state index contributed by atoms with van der Waals surface area (Å²) in [7, 11) is 0. The van der Waals surface area contributed by atoms with Crippen LogP contribution in [0.15, 0.2) is 170 Å². The van der Waals surface area contributed by atoms with Crippen LogP contribution in [0.4, 0.5) is 0 Å². The number of rotatable bonds is 4. The number of benzene rings is 8. The highest BCUT2D eigenvalue weighted by molar-refractivity contribution is 7.25. The first kappa shape index (κ1) is 27.9. The van der Waals surface area contributed by atoms with Gasteiger partial charge in [0.15, 0.2) is 5.82 Å². The molecule has 8 aromatic carbocycles. The molecule has 2 heterocycles. The van der Waals surface area contributed by atoms with E-state index in [1.165, 1.54) is 63.6 Å². The lowest BCUT2D eigenvalue weighted by molar-refractivity contribution is 1.18. The lowest BCUT2D eigenvalue weighted by Crippen LogP contribution is -1.96. The molecule has 2 aromatic heterocycles. The molecule has 0 aliphatic rings. The third-order valence-corrected chi connectivity index (χ3v) is 10.8. The van der Waals surface area contributed by atoms with E-state index in [0.717, 1.165) is 33.9 Å². The van der Waals surface area contributed by atoms with Crippen molar-refractivity contribution in [2.24, 2.45) is 0 Å². The molecule has 0 unspecified atom stereocenters. The van der Waals surface area contributed by atoms with Crippen LogP contribution in [-0.2, 0) is 0 Å². The molecule has 3 heteroatoms. The Morgan fingerprint density at radius 1 is 0.286 bits per heavy atom. The van der Waals surface area contributed by atoms with E-state index in [1.54, 1.807) is 0 Å². The normalized spacial score (nSPS) is 11.7. The quantitative estimate of drug-likeness (QED) is 0.179. The number of hydrogen-bond donors (Lipinski definition) is 0. The average Bonchev–Trinajstić information content (AvgIpc) is 3.55. The fourth-order valence-electron chi connectivity index (χ4n) is 7.25. The molecule has 0 amide bonds. The molecular weight excluding hydrogens is 613 g/mol. The fourth-order valence-corrected chi connectivity index (χ4v) is 8.38. The second-order valence-electron chi connectivity index (χ2n) is 12.6. The van der Waals surface area contributed by atoms with Crippen molar-refractivity contribution in [3.05, 3.63) is 170 Å². The Hall–Kier alpha value is -6.16. The van der Waals surface area contributed by atoms with Crippen molar-refractivity contribution in [1.29, 1.82) is 0 Å². The van der Waals surface area contributed by atoms with Crippen molar-refractivity contribution in [1.82, 2.24) is 9.97 Å². The maximum atomic E-state index is 5.17. The van der Waals surface area contributed by atoms with E-state index in [4.69, 9.17) is 9.97 Å². The first-order valence-electron chi connectivity index (χ1n) is 16.6. The zero-order valence-electron chi connectivity index (χ0n) is 26.5. The summed E-state index contributed by atoms with van der Waals surface area (Å²) in [6.07, 6.45) is 0. The van der Waals surface area contributed by atoms with Gasteiger partial charge in [-0.25, -0.2) is 9.97 Å². The number of nitrogens with zero attached hydrogens (tertiary/aromatic N) is 2. The molecule has 0 bridgehead atoms. The molecule has 0 atom stereocenters. The highest BCUT2D eigenvalue weighted by Gasteiger charge is 2.16. The topological polar surface area (TPSA) is 25.8 Å². The van der Waals surface area contributed by atoms with E-state index in [0.29, 0.717) is 0 Å². The molecule has 0 radical (unpaired) electrons. The summed E-state index contributed by atoms with van der Waals surface area (Å²) in [4.78, 5) is 10.3. The molecule has 0 aliphatic heterocycles. The summed E-state index contributed by atoms with van der Waals surface area (Å²) in [6.45, 7) is 0. The van der Waals surface area contributed by atoms with Crippen LogP contribution in [0.25, 0.3) is 97.5 Å². The Bertz CT molecular complexity index is 2850. The van der Waals surface area contributed by atoms with E-state index in [1.807, 2.05) is 35.6 Å². The zero-order valence-corrected chi connectivity index (χ0v) is 27.3. The van der Waals surface area contributed by atoms with Gasteiger partial charge in [0.05, 0.1) is 11.4 Å². The van der Waals surface area contributed by atoms with Gasteiger partial charge in [0, 0.05) is 36.9 Å². The van der Waals surface area contributed by atoms with Crippen molar-refractivity contribution in [3.8, 4) is 45.0 Å². The van der Waals surface area contributed by atoms with Crippen molar-refractivity contribution in [2.45, 2.75) is 0 Å². The van der Waals surface area contributed by atoms with Gasteiger partial charge in [-0.2, -0.15) is 0 Å². The smallest absolute Gasteiger partial charge is 0.160 e. The number of aromatic nitrogens is 2. The van der Waals surface area contributed by atoms with Gasteiger partial charge in [-0.3, -0.25) is 0 Å². The summed E-state index contributed by atoms with van der Waals surface area (Å²) in [5.41, 5.74) is 7.32. The van der Waals surface area contributed by atoms with E-state index in [9.17, 15) is 0 Å². The predicted octanol–water partition coefficient (Wildman–Crippen LogP) is 13.0. The maximum absolute atomic E-state index is 5.17. The standard InChI is InChI=1S/C46H28N2S/c1-3-11-29(12-4-1)30-19-21-31(22-20-30)42-28-43(48-46(47-42)32-13-5-2-6-14-32)33-23-24-36-38(25-33)34-15-7-8-16-35(34)39-26-41-37-17-9-10-18-44(37)49-45(41)27-40(36)39/h1-28H. The third kappa shape index (κ3) is 4.70. The van der Waals surface area contributed by atoms with Crippen molar-refractivity contribution in [2.75, 3.05) is 0 Å². The average molecular weight is 641 g/mol. The zero-order chi connectivity index (χ0) is 32.3.